The molecule has 0 bridgehead atoms. The summed E-state index contributed by atoms with van der Waals surface area (Å²) in [5, 5.41) is 12.9. The van der Waals surface area contributed by atoms with Gasteiger partial charge >= 0.3 is 0 Å². The maximum absolute atomic E-state index is 8.67. The zero-order chi connectivity index (χ0) is 9.97. The van der Waals surface area contributed by atoms with E-state index in [0.717, 1.165) is 5.82 Å². The molecule has 5 nitrogen and oxygen atoms in total. The van der Waals surface area contributed by atoms with Crippen molar-refractivity contribution in [2.75, 3.05) is 12.3 Å². The van der Waals surface area contributed by atoms with Crippen LogP contribution in [0.4, 0.5) is 5.69 Å². The molecule has 2 aromatic heterocycles. The first kappa shape index (κ1) is 8.96. The van der Waals surface area contributed by atoms with Crippen LogP contribution in [0.25, 0.3) is 5.65 Å². The van der Waals surface area contributed by atoms with Gasteiger partial charge in [0, 0.05) is 19.2 Å². The van der Waals surface area contributed by atoms with Crippen LogP contribution in [0.5, 0.6) is 0 Å². The van der Waals surface area contributed by atoms with Crippen LogP contribution in [0.15, 0.2) is 18.3 Å². The average Bonchev–Trinajstić information content (AvgIpc) is 2.59. The highest BCUT2D eigenvalue weighted by molar-refractivity contribution is 5.63. The van der Waals surface area contributed by atoms with Gasteiger partial charge in [-0.25, -0.2) is 9.50 Å². The molecule has 74 valence electrons. The summed E-state index contributed by atoms with van der Waals surface area (Å²) in [5.41, 5.74) is 7.03. The van der Waals surface area contributed by atoms with E-state index < -0.39 is 0 Å². The van der Waals surface area contributed by atoms with Gasteiger partial charge < -0.3 is 10.8 Å². The second-order valence-electron chi connectivity index (χ2n) is 3.09. The molecular weight excluding hydrogens is 180 g/mol. The van der Waals surface area contributed by atoms with E-state index in [4.69, 9.17) is 10.8 Å². The first-order valence-electron chi connectivity index (χ1n) is 4.52. The van der Waals surface area contributed by atoms with Crippen LogP contribution in [0.1, 0.15) is 12.2 Å². The molecule has 14 heavy (non-hydrogen) atoms. The molecule has 0 saturated heterocycles. The van der Waals surface area contributed by atoms with Crippen LogP contribution >= 0.6 is 0 Å². The lowest BCUT2D eigenvalue weighted by molar-refractivity contribution is 0.287. The van der Waals surface area contributed by atoms with Crippen LogP contribution < -0.4 is 5.73 Å². The Bertz CT molecular complexity index is 437. The Hall–Kier alpha value is -1.62. The topological polar surface area (TPSA) is 76.4 Å². The number of hydrogen-bond donors (Lipinski definition) is 2. The van der Waals surface area contributed by atoms with Gasteiger partial charge in [0.2, 0.25) is 0 Å². The number of anilines is 1. The molecule has 5 heteroatoms. The van der Waals surface area contributed by atoms with Gasteiger partial charge in [-0.05, 0) is 18.6 Å². The summed E-state index contributed by atoms with van der Waals surface area (Å²) < 4.78 is 1.65. The molecule has 0 amide bonds. The van der Waals surface area contributed by atoms with Crippen LogP contribution in [0, 0.1) is 0 Å². The van der Waals surface area contributed by atoms with E-state index in [1.54, 1.807) is 16.8 Å². The Labute approximate surface area is 81.2 Å². The Morgan fingerprint density at radius 2 is 2.36 bits per heavy atom. The Morgan fingerprint density at radius 3 is 3.07 bits per heavy atom. The molecule has 0 saturated carbocycles. The molecule has 0 spiro atoms. The number of rotatable bonds is 3. The number of nitrogen functional groups attached to an aromatic ring is 1. The van der Waals surface area contributed by atoms with Crippen LogP contribution in [0.2, 0.25) is 0 Å². The van der Waals surface area contributed by atoms with Crippen molar-refractivity contribution in [1.29, 1.82) is 0 Å². The number of nitrogens with zero attached hydrogens (tertiary/aromatic N) is 3. The van der Waals surface area contributed by atoms with Crippen molar-refractivity contribution in [1.82, 2.24) is 14.6 Å². The summed E-state index contributed by atoms with van der Waals surface area (Å²) in [4.78, 5) is 4.27. The largest absolute Gasteiger partial charge is 0.396 e. The van der Waals surface area contributed by atoms with Gasteiger partial charge in [0.15, 0.2) is 11.5 Å². The van der Waals surface area contributed by atoms with Crippen molar-refractivity contribution < 1.29 is 5.11 Å². The second kappa shape index (κ2) is 3.63. The van der Waals surface area contributed by atoms with E-state index in [1.165, 1.54) is 0 Å². The molecule has 2 aromatic rings. The average molecular weight is 192 g/mol. The minimum Gasteiger partial charge on any atom is -0.396 e. The third-order valence-electron chi connectivity index (χ3n) is 1.99. The monoisotopic (exact) mass is 192 g/mol. The van der Waals surface area contributed by atoms with Gasteiger partial charge in [0.05, 0.1) is 5.69 Å². The highest BCUT2D eigenvalue weighted by Gasteiger charge is 2.04. The number of nitrogens with two attached hydrogens (primary N) is 1. The van der Waals surface area contributed by atoms with Gasteiger partial charge in [0.25, 0.3) is 0 Å². The maximum Gasteiger partial charge on any atom is 0.178 e. The number of aliphatic hydroxyl groups is 1. The number of aromatic nitrogens is 3. The van der Waals surface area contributed by atoms with Gasteiger partial charge in [-0.2, -0.15) is 5.10 Å². The van der Waals surface area contributed by atoms with Gasteiger partial charge in [-0.1, -0.05) is 0 Å². The first-order valence-corrected chi connectivity index (χ1v) is 4.52. The molecule has 3 N–H and O–H groups in total. The number of pyridine rings is 1. The quantitative estimate of drug-likeness (QED) is 0.730. The Kier molecular flexibility index (Phi) is 2.32. The van der Waals surface area contributed by atoms with Crippen molar-refractivity contribution in [2.45, 2.75) is 12.8 Å². The van der Waals surface area contributed by atoms with Crippen LogP contribution in [0.3, 0.4) is 0 Å². The van der Waals surface area contributed by atoms with Crippen LogP contribution in [-0.2, 0) is 6.42 Å². The standard InChI is InChI=1S/C9H12N4O/c10-7-3-1-5-13-9(7)11-8(12-13)4-2-6-14/h1,3,5,14H,2,4,6,10H2. The molecule has 0 aliphatic carbocycles. The van der Waals surface area contributed by atoms with E-state index in [-0.39, 0.29) is 6.61 Å². The smallest absolute Gasteiger partial charge is 0.178 e. The van der Waals surface area contributed by atoms with E-state index in [0.29, 0.717) is 24.2 Å². The van der Waals surface area contributed by atoms with Crippen LogP contribution in [-0.4, -0.2) is 26.3 Å². The van der Waals surface area contributed by atoms with Crippen molar-refractivity contribution in [3.63, 3.8) is 0 Å². The normalized spacial score (nSPS) is 10.9. The fourth-order valence-electron chi connectivity index (χ4n) is 1.31. The van der Waals surface area contributed by atoms with E-state index in [9.17, 15) is 0 Å². The van der Waals surface area contributed by atoms with Gasteiger partial charge in [-0.3, -0.25) is 0 Å². The summed E-state index contributed by atoms with van der Waals surface area (Å²) in [7, 11) is 0. The summed E-state index contributed by atoms with van der Waals surface area (Å²) in [6, 6.07) is 3.62. The van der Waals surface area contributed by atoms with Crippen molar-refractivity contribution in [2.24, 2.45) is 0 Å². The fourth-order valence-corrected chi connectivity index (χ4v) is 1.31. The van der Waals surface area contributed by atoms with Gasteiger partial charge in [0.1, 0.15) is 0 Å². The SMILES string of the molecule is Nc1cccn2nc(CCCO)nc12. The van der Waals surface area contributed by atoms with E-state index in [1.807, 2.05) is 6.07 Å². The lowest BCUT2D eigenvalue weighted by Crippen LogP contribution is -1.93. The first-order chi connectivity index (χ1) is 6.81. The third kappa shape index (κ3) is 1.54. The van der Waals surface area contributed by atoms with Crippen molar-refractivity contribution in [3.8, 4) is 0 Å². The summed E-state index contributed by atoms with van der Waals surface area (Å²) in [6.45, 7) is 0.158. The van der Waals surface area contributed by atoms with E-state index >= 15 is 0 Å². The lowest BCUT2D eigenvalue weighted by Gasteiger charge is -1.92. The van der Waals surface area contributed by atoms with Crippen molar-refractivity contribution in [3.05, 3.63) is 24.2 Å². The molecule has 0 fully saturated rings. The predicted molar refractivity (Wildman–Crippen MR) is 52.8 cm³/mol. The fraction of sp³-hybridized carbons (Fsp3) is 0.333. The number of hydrogen-bond acceptors (Lipinski definition) is 4. The van der Waals surface area contributed by atoms with E-state index in [2.05, 4.69) is 10.1 Å². The third-order valence-corrected chi connectivity index (χ3v) is 1.99. The molecule has 2 rings (SSSR count). The number of aryl methyl sites for hydroxylation is 1. The molecule has 0 aliphatic heterocycles. The highest BCUT2D eigenvalue weighted by atomic mass is 16.2. The Morgan fingerprint density at radius 1 is 1.50 bits per heavy atom. The molecule has 0 aromatic carbocycles. The molecule has 0 unspecified atom stereocenters. The summed E-state index contributed by atoms with van der Waals surface area (Å²) in [5.74, 6) is 0.719. The molecule has 2 heterocycles. The zero-order valence-corrected chi connectivity index (χ0v) is 7.72. The zero-order valence-electron chi connectivity index (χ0n) is 7.72. The molecule has 0 radical (unpaired) electrons. The predicted octanol–water partition coefficient (Wildman–Crippen LogP) is 0.236. The minimum absolute atomic E-state index is 0.158. The number of fused-ring (bicyclic) bond motifs is 1. The minimum atomic E-state index is 0.158. The molecule has 0 aliphatic rings. The second-order valence-corrected chi connectivity index (χ2v) is 3.09. The van der Waals surface area contributed by atoms with Crippen molar-refractivity contribution >= 4 is 11.3 Å². The van der Waals surface area contributed by atoms with Gasteiger partial charge in [-0.15, -0.1) is 0 Å². The number of aliphatic hydroxyl groups excluding tert-OH is 1. The Balaban J connectivity index is 2.36. The summed E-state index contributed by atoms with van der Waals surface area (Å²) >= 11 is 0. The lowest BCUT2D eigenvalue weighted by atomic mass is 10.3. The highest BCUT2D eigenvalue weighted by Crippen LogP contribution is 2.10. The molecular formula is C9H12N4O. The summed E-state index contributed by atoms with van der Waals surface area (Å²) in [6.07, 6.45) is 3.16. The maximum atomic E-state index is 8.67. The molecule has 0 atom stereocenters.